The third-order valence-corrected chi connectivity index (χ3v) is 3.79. The van der Waals surface area contributed by atoms with Gasteiger partial charge in [0.2, 0.25) is 0 Å². The number of nitrogens with one attached hydrogen (secondary N) is 1. The Kier molecular flexibility index (Phi) is 4.60. The number of aromatic nitrogens is 4. The Morgan fingerprint density at radius 3 is 2.45 bits per heavy atom. The fraction of sp³-hybridized carbons (Fsp3) is 0.600. The van der Waals surface area contributed by atoms with E-state index in [1.807, 2.05) is 18.7 Å². The van der Waals surface area contributed by atoms with Crippen LogP contribution in [0.2, 0.25) is 0 Å². The van der Waals surface area contributed by atoms with E-state index in [1.54, 1.807) is 0 Å². The molecule has 0 atom stereocenters. The highest BCUT2D eigenvalue weighted by Gasteiger charge is 2.08. The molecular weight excluding hydrogens is 250 g/mol. The topological polar surface area (TPSA) is 47.7 Å². The van der Waals surface area contributed by atoms with Gasteiger partial charge in [-0.05, 0) is 46.7 Å². The van der Waals surface area contributed by atoms with Crippen LogP contribution < -0.4 is 5.32 Å². The molecule has 0 aliphatic heterocycles. The largest absolute Gasteiger partial charge is 0.312 e. The average molecular weight is 275 g/mol. The van der Waals surface area contributed by atoms with E-state index in [0.717, 1.165) is 37.4 Å². The molecular formula is C15H25N5. The minimum Gasteiger partial charge on any atom is -0.312 e. The highest BCUT2D eigenvalue weighted by molar-refractivity contribution is 5.23. The number of aryl methyl sites for hydroxylation is 5. The lowest BCUT2D eigenvalue weighted by atomic mass is 10.2. The summed E-state index contributed by atoms with van der Waals surface area (Å²) in [4.78, 5) is 0. The van der Waals surface area contributed by atoms with Crippen molar-refractivity contribution < 1.29 is 0 Å². The molecule has 0 fully saturated rings. The van der Waals surface area contributed by atoms with Crippen molar-refractivity contribution in [2.75, 3.05) is 6.54 Å². The first-order chi connectivity index (χ1) is 9.49. The molecule has 0 aromatic carbocycles. The Hall–Kier alpha value is -1.62. The minimum absolute atomic E-state index is 0.891. The fourth-order valence-corrected chi connectivity index (χ4v) is 2.54. The molecule has 1 N–H and O–H groups in total. The summed E-state index contributed by atoms with van der Waals surface area (Å²) in [7, 11) is 1.99. The smallest absolute Gasteiger partial charge is 0.0641 e. The molecule has 0 radical (unpaired) electrons. The number of nitrogens with zero attached hydrogens (tertiary/aromatic N) is 4. The molecule has 2 aromatic rings. The molecule has 5 nitrogen and oxygen atoms in total. The van der Waals surface area contributed by atoms with Gasteiger partial charge in [0.05, 0.1) is 11.4 Å². The maximum absolute atomic E-state index is 4.47. The summed E-state index contributed by atoms with van der Waals surface area (Å²) in [5.41, 5.74) is 6.02. The standard InChI is InChI=1S/C15H25N5/c1-11-9-12(2)20(17-11)8-6-7-16-10-15-13(3)18-19(5)14(15)4/h9,16H,6-8,10H2,1-5H3. The van der Waals surface area contributed by atoms with Crippen molar-refractivity contribution in [1.82, 2.24) is 24.9 Å². The maximum Gasteiger partial charge on any atom is 0.0641 e. The quantitative estimate of drug-likeness (QED) is 0.821. The van der Waals surface area contributed by atoms with Gasteiger partial charge in [-0.25, -0.2) is 0 Å². The Bertz CT molecular complexity index is 579. The molecule has 0 saturated carbocycles. The molecule has 0 aliphatic carbocycles. The molecule has 0 spiro atoms. The van der Waals surface area contributed by atoms with Gasteiger partial charge in [0, 0.05) is 37.1 Å². The van der Waals surface area contributed by atoms with Crippen LogP contribution in [0.25, 0.3) is 0 Å². The molecule has 2 aromatic heterocycles. The predicted molar refractivity (Wildman–Crippen MR) is 80.7 cm³/mol. The van der Waals surface area contributed by atoms with E-state index in [0.29, 0.717) is 0 Å². The third-order valence-electron chi connectivity index (χ3n) is 3.79. The Balaban J connectivity index is 1.75. The van der Waals surface area contributed by atoms with Gasteiger partial charge >= 0.3 is 0 Å². The number of rotatable bonds is 6. The van der Waals surface area contributed by atoms with Crippen LogP contribution >= 0.6 is 0 Å². The summed E-state index contributed by atoms with van der Waals surface area (Å²) in [5, 5.41) is 12.4. The molecule has 2 rings (SSSR count). The van der Waals surface area contributed by atoms with Gasteiger partial charge in [-0.15, -0.1) is 0 Å². The zero-order valence-electron chi connectivity index (χ0n) is 13.2. The summed E-state index contributed by atoms with van der Waals surface area (Å²) >= 11 is 0. The Labute approximate surface area is 121 Å². The highest BCUT2D eigenvalue weighted by Crippen LogP contribution is 2.11. The molecule has 0 amide bonds. The second kappa shape index (κ2) is 6.22. The first-order valence-corrected chi connectivity index (χ1v) is 7.20. The summed E-state index contributed by atoms with van der Waals surface area (Å²) in [6.07, 6.45) is 1.08. The monoisotopic (exact) mass is 275 g/mol. The molecule has 0 aliphatic rings. The van der Waals surface area contributed by atoms with Crippen LogP contribution in [0.15, 0.2) is 6.07 Å². The van der Waals surface area contributed by atoms with Crippen LogP contribution in [0.5, 0.6) is 0 Å². The minimum atomic E-state index is 0.891. The lowest BCUT2D eigenvalue weighted by Crippen LogP contribution is -2.18. The molecule has 0 saturated heterocycles. The van der Waals surface area contributed by atoms with Crippen LogP contribution in [-0.4, -0.2) is 26.1 Å². The van der Waals surface area contributed by atoms with Crippen LogP contribution in [0.4, 0.5) is 0 Å². The zero-order valence-corrected chi connectivity index (χ0v) is 13.2. The number of hydrogen-bond acceptors (Lipinski definition) is 3. The third kappa shape index (κ3) is 3.28. The zero-order chi connectivity index (χ0) is 14.7. The van der Waals surface area contributed by atoms with Gasteiger partial charge in [0.15, 0.2) is 0 Å². The van der Waals surface area contributed by atoms with Crippen LogP contribution in [0, 0.1) is 27.7 Å². The van der Waals surface area contributed by atoms with Gasteiger partial charge in [-0.2, -0.15) is 10.2 Å². The summed E-state index contributed by atoms with van der Waals surface area (Å²) < 4.78 is 4.03. The van der Waals surface area contributed by atoms with Gasteiger partial charge in [0.1, 0.15) is 0 Å². The van der Waals surface area contributed by atoms with Crippen molar-refractivity contribution in [3.8, 4) is 0 Å². The predicted octanol–water partition coefficient (Wildman–Crippen LogP) is 2.03. The molecule has 110 valence electrons. The molecule has 2 heterocycles. The average Bonchev–Trinajstić information content (AvgIpc) is 2.82. The van der Waals surface area contributed by atoms with Crippen LogP contribution in [0.1, 0.15) is 34.8 Å². The van der Waals surface area contributed by atoms with Crippen LogP contribution in [-0.2, 0) is 20.1 Å². The fourth-order valence-electron chi connectivity index (χ4n) is 2.54. The van der Waals surface area contributed by atoms with Gasteiger partial charge < -0.3 is 5.32 Å². The van der Waals surface area contributed by atoms with Crippen molar-refractivity contribution in [2.24, 2.45) is 7.05 Å². The molecule has 0 bridgehead atoms. The van der Waals surface area contributed by atoms with Crippen LogP contribution in [0.3, 0.4) is 0 Å². The first kappa shape index (κ1) is 14.8. The first-order valence-electron chi connectivity index (χ1n) is 7.20. The van der Waals surface area contributed by atoms with Gasteiger partial charge in [0.25, 0.3) is 0 Å². The SMILES string of the molecule is Cc1cc(C)n(CCCNCc2c(C)nn(C)c2C)n1. The molecule has 20 heavy (non-hydrogen) atoms. The van der Waals surface area contributed by atoms with Gasteiger partial charge in [-0.3, -0.25) is 9.36 Å². The number of hydrogen-bond donors (Lipinski definition) is 1. The van der Waals surface area contributed by atoms with Crippen molar-refractivity contribution in [3.05, 3.63) is 34.4 Å². The lowest BCUT2D eigenvalue weighted by molar-refractivity contribution is 0.531. The second-order valence-corrected chi connectivity index (χ2v) is 5.45. The highest BCUT2D eigenvalue weighted by atomic mass is 15.3. The van der Waals surface area contributed by atoms with E-state index in [1.165, 1.54) is 17.0 Å². The van der Waals surface area contributed by atoms with E-state index in [4.69, 9.17) is 0 Å². The van der Waals surface area contributed by atoms with E-state index >= 15 is 0 Å². The van der Waals surface area contributed by atoms with Gasteiger partial charge in [-0.1, -0.05) is 0 Å². The Morgan fingerprint density at radius 1 is 1.15 bits per heavy atom. The van der Waals surface area contributed by atoms with Crippen molar-refractivity contribution in [2.45, 2.75) is 47.2 Å². The summed E-state index contributed by atoms with van der Waals surface area (Å²) in [6, 6.07) is 2.12. The molecule has 5 heteroatoms. The van der Waals surface area contributed by atoms with Crippen molar-refractivity contribution in [3.63, 3.8) is 0 Å². The second-order valence-electron chi connectivity index (χ2n) is 5.45. The Morgan fingerprint density at radius 2 is 1.90 bits per heavy atom. The van der Waals surface area contributed by atoms with E-state index in [9.17, 15) is 0 Å². The van der Waals surface area contributed by atoms with E-state index in [2.05, 4.69) is 47.0 Å². The van der Waals surface area contributed by atoms with Crippen molar-refractivity contribution in [1.29, 1.82) is 0 Å². The normalized spacial score (nSPS) is 11.2. The van der Waals surface area contributed by atoms with Crippen molar-refractivity contribution >= 4 is 0 Å². The maximum atomic E-state index is 4.47. The summed E-state index contributed by atoms with van der Waals surface area (Å²) in [5.74, 6) is 0. The van der Waals surface area contributed by atoms with E-state index < -0.39 is 0 Å². The lowest BCUT2D eigenvalue weighted by Gasteiger charge is -2.07. The van der Waals surface area contributed by atoms with E-state index in [-0.39, 0.29) is 0 Å². The molecule has 0 unspecified atom stereocenters. The summed E-state index contributed by atoms with van der Waals surface area (Å²) in [6.45, 7) is 11.2.